The molecule has 3 heterocycles. The van der Waals surface area contributed by atoms with E-state index in [4.69, 9.17) is 16.0 Å². The van der Waals surface area contributed by atoms with Gasteiger partial charge < -0.3 is 14.3 Å². The molecule has 1 saturated carbocycles. The Bertz CT molecular complexity index is 1150. The normalized spacial score (nSPS) is 26.2. The van der Waals surface area contributed by atoms with E-state index in [2.05, 4.69) is 12.2 Å². The quantitative estimate of drug-likeness (QED) is 0.624. The van der Waals surface area contributed by atoms with Crippen molar-refractivity contribution >= 4 is 40.2 Å². The molecule has 0 bridgehead atoms. The first kappa shape index (κ1) is 20.2. The predicted molar refractivity (Wildman–Crippen MR) is 120 cm³/mol. The number of hydrogen-bond acceptors (Lipinski definition) is 3. The number of fused-ring (bicyclic) bond motifs is 3. The molecule has 7 heteroatoms. The highest BCUT2D eigenvalue weighted by Crippen LogP contribution is 2.37. The largest absolute Gasteiger partial charge is 0.463 e. The molecule has 1 N–H and O–H groups in total. The molecule has 0 saturated heterocycles. The van der Waals surface area contributed by atoms with E-state index < -0.39 is 5.54 Å². The van der Waals surface area contributed by atoms with Gasteiger partial charge >= 0.3 is 0 Å². The van der Waals surface area contributed by atoms with E-state index in [-0.39, 0.29) is 17.9 Å². The van der Waals surface area contributed by atoms with Gasteiger partial charge in [-0.2, -0.15) is 0 Å². The van der Waals surface area contributed by atoms with E-state index in [1.165, 1.54) is 6.42 Å². The lowest BCUT2D eigenvalue weighted by molar-refractivity contribution is -0.127. The highest BCUT2D eigenvalue weighted by Gasteiger charge is 2.49. The SMILES string of the molecule is CC1CCCCC1NC(=O)C1(C)Cn2c(cc3occc32)C(=O)N1c1ccc(Cl)cc1. The summed E-state index contributed by atoms with van der Waals surface area (Å²) in [6.45, 7) is 4.37. The van der Waals surface area contributed by atoms with Crippen molar-refractivity contribution in [2.45, 2.75) is 57.7 Å². The number of benzene rings is 1. The monoisotopic (exact) mass is 439 g/mol. The summed E-state index contributed by atoms with van der Waals surface area (Å²) in [7, 11) is 0. The topological polar surface area (TPSA) is 67.5 Å². The Morgan fingerprint density at radius 3 is 2.68 bits per heavy atom. The van der Waals surface area contributed by atoms with Crippen LogP contribution in [0.25, 0.3) is 11.1 Å². The third-order valence-electron chi connectivity index (χ3n) is 6.91. The maximum Gasteiger partial charge on any atom is 0.276 e. The zero-order chi connectivity index (χ0) is 21.8. The smallest absolute Gasteiger partial charge is 0.276 e. The Balaban J connectivity index is 1.59. The molecule has 31 heavy (non-hydrogen) atoms. The van der Waals surface area contributed by atoms with Crippen LogP contribution in [0.3, 0.4) is 0 Å². The predicted octanol–water partition coefficient (Wildman–Crippen LogP) is 5.00. The molecule has 3 unspecified atom stereocenters. The van der Waals surface area contributed by atoms with Crippen LogP contribution < -0.4 is 10.2 Å². The van der Waals surface area contributed by atoms with Crippen LogP contribution in [0.1, 0.15) is 50.0 Å². The summed E-state index contributed by atoms with van der Waals surface area (Å²) in [6.07, 6.45) is 6.00. The van der Waals surface area contributed by atoms with Crippen molar-refractivity contribution in [3.05, 3.63) is 53.4 Å². The lowest BCUT2D eigenvalue weighted by atomic mass is 9.85. The number of amides is 2. The van der Waals surface area contributed by atoms with Gasteiger partial charge in [0.25, 0.3) is 5.91 Å². The fourth-order valence-corrected chi connectivity index (χ4v) is 5.19. The van der Waals surface area contributed by atoms with E-state index in [0.29, 0.717) is 34.4 Å². The van der Waals surface area contributed by atoms with Crippen LogP contribution in [-0.4, -0.2) is 28.0 Å². The number of nitrogens with one attached hydrogen (secondary N) is 1. The second-order valence-electron chi connectivity index (χ2n) is 9.02. The fourth-order valence-electron chi connectivity index (χ4n) is 5.06. The van der Waals surface area contributed by atoms with Gasteiger partial charge in [-0.25, -0.2) is 0 Å². The molecule has 3 atom stereocenters. The fraction of sp³-hybridized carbons (Fsp3) is 0.417. The van der Waals surface area contributed by atoms with Crippen molar-refractivity contribution in [3.63, 3.8) is 0 Å². The first-order chi connectivity index (χ1) is 14.9. The van der Waals surface area contributed by atoms with Gasteiger partial charge in [0.05, 0.1) is 18.3 Å². The number of nitrogens with zero attached hydrogens (tertiary/aromatic N) is 2. The number of furan rings is 1. The number of carbonyl (C=O) groups is 2. The van der Waals surface area contributed by atoms with Crippen molar-refractivity contribution in [1.29, 1.82) is 0 Å². The average Bonchev–Trinajstić information content (AvgIpc) is 3.33. The molecular weight excluding hydrogens is 414 g/mol. The van der Waals surface area contributed by atoms with Crippen LogP contribution >= 0.6 is 11.6 Å². The molecule has 0 radical (unpaired) electrons. The minimum absolute atomic E-state index is 0.125. The van der Waals surface area contributed by atoms with Crippen LogP contribution in [0.5, 0.6) is 0 Å². The molecule has 0 spiro atoms. The van der Waals surface area contributed by atoms with Gasteiger partial charge in [0, 0.05) is 28.9 Å². The summed E-state index contributed by atoms with van der Waals surface area (Å²) in [5.41, 5.74) is 1.53. The minimum Gasteiger partial charge on any atom is -0.463 e. The van der Waals surface area contributed by atoms with Crippen molar-refractivity contribution in [2.24, 2.45) is 5.92 Å². The van der Waals surface area contributed by atoms with Gasteiger partial charge in [0.1, 0.15) is 11.2 Å². The minimum atomic E-state index is -1.10. The molecule has 1 aliphatic heterocycles. The lowest BCUT2D eigenvalue weighted by Crippen LogP contribution is -2.65. The molecule has 1 aromatic carbocycles. The van der Waals surface area contributed by atoms with Gasteiger partial charge in [-0.15, -0.1) is 0 Å². The van der Waals surface area contributed by atoms with E-state index in [1.54, 1.807) is 41.5 Å². The Labute approximate surface area is 186 Å². The van der Waals surface area contributed by atoms with Crippen molar-refractivity contribution in [3.8, 4) is 0 Å². The Morgan fingerprint density at radius 2 is 1.94 bits per heavy atom. The molecule has 2 aliphatic rings. The Hall–Kier alpha value is -2.73. The molecule has 1 fully saturated rings. The third kappa shape index (κ3) is 3.24. The summed E-state index contributed by atoms with van der Waals surface area (Å²) in [4.78, 5) is 29.1. The maximum atomic E-state index is 13.8. The number of aromatic nitrogens is 1. The molecule has 2 aromatic heterocycles. The second kappa shape index (κ2) is 7.45. The molecule has 1 aliphatic carbocycles. The molecule has 162 valence electrons. The zero-order valence-corrected chi connectivity index (χ0v) is 18.5. The summed E-state index contributed by atoms with van der Waals surface area (Å²) in [6, 6.07) is 10.8. The van der Waals surface area contributed by atoms with Crippen LogP contribution in [0, 0.1) is 5.92 Å². The maximum absolute atomic E-state index is 13.8. The van der Waals surface area contributed by atoms with Crippen molar-refractivity contribution < 1.29 is 14.0 Å². The van der Waals surface area contributed by atoms with Crippen LogP contribution in [0.15, 0.2) is 47.1 Å². The van der Waals surface area contributed by atoms with E-state index in [9.17, 15) is 9.59 Å². The van der Waals surface area contributed by atoms with Gasteiger partial charge in [0.15, 0.2) is 5.58 Å². The summed E-state index contributed by atoms with van der Waals surface area (Å²) >= 11 is 6.09. The average molecular weight is 440 g/mol. The van der Waals surface area contributed by atoms with Gasteiger partial charge in [-0.1, -0.05) is 31.4 Å². The number of hydrogen-bond donors (Lipinski definition) is 1. The van der Waals surface area contributed by atoms with Gasteiger partial charge in [-0.3, -0.25) is 14.5 Å². The number of anilines is 1. The second-order valence-corrected chi connectivity index (χ2v) is 9.45. The Morgan fingerprint density at radius 1 is 1.19 bits per heavy atom. The zero-order valence-electron chi connectivity index (χ0n) is 17.7. The third-order valence-corrected chi connectivity index (χ3v) is 7.16. The summed E-state index contributed by atoms with van der Waals surface area (Å²) < 4.78 is 7.43. The highest BCUT2D eigenvalue weighted by molar-refractivity contribution is 6.30. The first-order valence-electron chi connectivity index (χ1n) is 10.9. The van der Waals surface area contributed by atoms with Gasteiger partial charge in [0.2, 0.25) is 5.91 Å². The number of halogens is 1. The van der Waals surface area contributed by atoms with Crippen LogP contribution in [0.4, 0.5) is 5.69 Å². The molecule has 6 nitrogen and oxygen atoms in total. The van der Waals surface area contributed by atoms with E-state index in [0.717, 1.165) is 24.8 Å². The number of carbonyl (C=O) groups excluding carboxylic acids is 2. The van der Waals surface area contributed by atoms with Gasteiger partial charge in [-0.05, 0) is 49.9 Å². The summed E-state index contributed by atoms with van der Waals surface area (Å²) in [5.74, 6) is 0.0622. The molecule has 3 aromatic rings. The van der Waals surface area contributed by atoms with Crippen molar-refractivity contribution in [2.75, 3.05) is 4.90 Å². The molecular formula is C24H26ClN3O3. The van der Waals surface area contributed by atoms with Crippen LogP contribution in [0.2, 0.25) is 5.02 Å². The summed E-state index contributed by atoms with van der Waals surface area (Å²) in [5, 5.41) is 3.86. The first-order valence-corrected chi connectivity index (χ1v) is 11.2. The van der Waals surface area contributed by atoms with Crippen molar-refractivity contribution in [1.82, 2.24) is 9.88 Å². The number of rotatable bonds is 3. The lowest BCUT2D eigenvalue weighted by Gasteiger charge is -2.45. The Kier molecular flexibility index (Phi) is 4.85. The highest BCUT2D eigenvalue weighted by atomic mass is 35.5. The van der Waals surface area contributed by atoms with Crippen LogP contribution in [-0.2, 0) is 11.3 Å². The standard InChI is InChI=1S/C24H26ClN3O3/c1-15-5-3-4-6-18(15)26-23(30)24(2)14-27-19-11-12-31-21(19)13-20(27)22(29)28(24)17-9-7-16(25)8-10-17/h7-13,15,18H,3-6,14H2,1-2H3,(H,26,30). The molecule has 5 rings (SSSR count). The van der Waals surface area contributed by atoms with E-state index >= 15 is 0 Å². The van der Waals surface area contributed by atoms with E-state index in [1.807, 2.05) is 17.6 Å². The molecule has 2 amide bonds.